The number of unbranched alkanes of at least 4 members (excludes halogenated alkanes) is 1. The molecule has 0 aliphatic rings. The molecule has 0 amide bonds. The van der Waals surface area contributed by atoms with E-state index in [0.717, 1.165) is 17.4 Å². The zero-order valence-corrected chi connectivity index (χ0v) is 13.5. The van der Waals surface area contributed by atoms with E-state index in [2.05, 4.69) is 13.2 Å². The van der Waals surface area contributed by atoms with Crippen LogP contribution in [0.3, 0.4) is 0 Å². The van der Waals surface area contributed by atoms with Crippen LogP contribution in [0.4, 0.5) is 0 Å². The summed E-state index contributed by atoms with van der Waals surface area (Å²) in [5.74, 6) is 0. The largest absolute Gasteiger partial charge is 0.298 e. The van der Waals surface area contributed by atoms with Crippen LogP contribution in [0, 0.1) is 0 Å². The molecule has 22 heavy (non-hydrogen) atoms. The van der Waals surface area contributed by atoms with Crippen molar-refractivity contribution in [3.8, 4) is 0 Å². The van der Waals surface area contributed by atoms with Crippen LogP contribution in [-0.2, 0) is 14.3 Å². The molecule has 0 heterocycles. The van der Waals surface area contributed by atoms with Gasteiger partial charge in [-0.25, -0.2) is 0 Å². The lowest BCUT2D eigenvalue weighted by molar-refractivity contribution is 0.311. The number of hydrogen-bond acceptors (Lipinski definition) is 3. The first-order valence-electron chi connectivity index (χ1n) is 7.25. The van der Waals surface area contributed by atoms with Crippen LogP contribution in [-0.4, -0.2) is 15.0 Å². The van der Waals surface area contributed by atoms with E-state index in [0.29, 0.717) is 17.4 Å². The molecule has 0 radical (unpaired) electrons. The molecule has 0 unspecified atom stereocenters. The van der Waals surface area contributed by atoms with Gasteiger partial charge < -0.3 is 0 Å². The van der Waals surface area contributed by atoms with Crippen LogP contribution in [0.2, 0.25) is 0 Å². The fourth-order valence-electron chi connectivity index (χ4n) is 2.37. The fraction of sp³-hybridized carbons (Fsp3) is 0.222. The molecule has 0 bridgehead atoms. The molecule has 0 aromatic heterocycles. The van der Waals surface area contributed by atoms with Crippen LogP contribution in [0.25, 0.3) is 22.9 Å². The fourth-order valence-corrected chi connectivity index (χ4v) is 3.75. The Labute approximate surface area is 132 Å². The average molecular weight is 316 g/mol. The minimum absolute atomic E-state index is 0.173. The van der Waals surface area contributed by atoms with Crippen molar-refractivity contribution < 1.29 is 12.6 Å². The van der Waals surface area contributed by atoms with Crippen LogP contribution in [0.1, 0.15) is 30.9 Å². The number of fused-ring (bicyclic) bond motifs is 1. The molecule has 0 aliphatic carbocycles. The van der Waals surface area contributed by atoms with E-state index in [4.69, 9.17) is 4.18 Å². The van der Waals surface area contributed by atoms with Crippen molar-refractivity contribution >= 4 is 33.0 Å². The zero-order chi connectivity index (χ0) is 16.2. The second-order valence-corrected chi connectivity index (χ2v) is 6.52. The van der Waals surface area contributed by atoms with Gasteiger partial charge in [-0.3, -0.25) is 4.18 Å². The highest BCUT2D eigenvalue weighted by Gasteiger charge is 2.23. The summed E-state index contributed by atoms with van der Waals surface area (Å²) in [5, 5.41) is 1.47. The third-order valence-electron chi connectivity index (χ3n) is 3.48. The van der Waals surface area contributed by atoms with E-state index in [1.54, 1.807) is 18.2 Å². The predicted octanol–water partition coefficient (Wildman–Crippen LogP) is 4.63. The van der Waals surface area contributed by atoms with Crippen molar-refractivity contribution in [3.63, 3.8) is 0 Å². The average Bonchev–Trinajstić information content (AvgIpc) is 2.52. The van der Waals surface area contributed by atoms with Gasteiger partial charge in [0.15, 0.2) is 0 Å². The van der Waals surface area contributed by atoms with Gasteiger partial charge in [-0.15, -0.1) is 0 Å². The number of benzene rings is 2. The summed E-state index contributed by atoms with van der Waals surface area (Å²) < 4.78 is 30.5. The maximum atomic E-state index is 12.7. The second kappa shape index (κ2) is 6.90. The molecular weight excluding hydrogens is 296 g/mol. The molecule has 0 spiro atoms. The highest BCUT2D eigenvalue weighted by atomic mass is 32.2. The molecule has 3 nitrogen and oxygen atoms in total. The topological polar surface area (TPSA) is 43.4 Å². The Balaban J connectivity index is 2.74. The molecule has 4 heteroatoms. The van der Waals surface area contributed by atoms with Gasteiger partial charge >= 0.3 is 0 Å². The van der Waals surface area contributed by atoms with Gasteiger partial charge in [0.1, 0.15) is 4.90 Å². The van der Waals surface area contributed by atoms with E-state index < -0.39 is 10.1 Å². The van der Waals surface area contributed by atoms with Crippen molar-refractivity contribution in [3.05, 3.63) is 54.6 Å². The monoisotopic (exact) mass is 316 g/mol. The Hall–Kier alpha value is -1.91. The first kappa shape index (κ1) is 16.5. The van der Waals surface area contributed by atoms with Gasteiger partial charge in [0, 0.05) is 10.9 Å². The standard InChI is InChI=1S/C18H20O3S/c1-4-7-12-21-22(19,20)18-16(6-3)14(5-2)13-15-10-8-9-11-17(15)18/h5-6,8-11,13H,2-4,7,12H2,1H3. The van der Waals surface area contributed by atoms with Gasteiger partial charge in [-0.05, 0) is 23.4 Å². The third kappa shape index (κ3) is 3.13. The molecule has 0 saturated heterocycles. The molecule has 0 aliphatic heterocycles. The summed E-state index contributed by atoms with van der Waals surface area (Å²) in [5.41, 5.74) is 1.26. The summed E-state index contributed by atoms with van der Waals surface area (Å²) in [6.07, 6.45) is 4.74. The smallest absolute Gasteiger partial charge is 0.266 e. The van der Waals surface area contributed by atoms with E-state index in [1.807, 2.05) is 31.2 Å². The van der Waals surface area contributed by atoms with Crippen molar-refractivity contribution in [1.29, 1.82) is 0 Å². The lowest BCUT2D eigenvalue weighted by Crippen LogP contribution is -2.10. The van der Waals surface area contributed by atoms with Gasteiger partial charge in [0.05, 0.1) is 6.61 Å². The Bertz CT molecular complexity index is 804. The lowest BCUT2D eigenvalue weighted by Gasteiger charge is -2.14. The first-order chi connectivity index (χ1) is 10.5. The van der Waals surface area contributed by atoms with E-state index in [-0.39, 0.29) is 11.5 Å². The highest BCUT2D eigenvalue weighted by Crippen LogP contribution is 2.32. The SMILES string of the molecule is C=Cc1cc2ccccc2c(S(=O)(=O)OCCCC)c1C=C. The maximum Gasteiger partial charge on any atom is 0.298 e. The van der Waals surface area contributed by atoms with Crippen molar-refractivity contribution in [2.75, 3.05) is 6.61 Å². The van der Waals surface area contributed by atoms with E-state index in [9.17, 15) is 8.42 Å². The van der Waals surface area contributed by atoms with Crippen LogP contribution >= 0.6 is 0 Å². The highest BCUT2D eigenvalue weighted by molar-refractivity contribution is 7.87. The second-order valence-electron chi connectivity index (χ2n) is 4.97. The molecular formula is C18H20O3S. The molecule has 0 fully saturated rings. The molecule has 0 N–H and O–H groups in total. The summed E-state index contributed by atoms with van der Waals surface area (Å²) in [6, 6.07) is 9.25. The van der Waals surface area contributed by atoms with Crippen molar-refractivity contribution in [2.45, 2.75) is 24.7 Å². The van der Waals surface area contributed by atoms with E-state index >= 15 is 0 Å². The van der Waals surface area contributed by atoms with Crippen molar-refractivity contribution in [1.82, 2.24) is 0 Å². The minimum Gasteiger partial charge on any atom is -0.266 e. The van der Waals surface area contributed by atoms with Gasteiger partial charge in [0.2, 0.25) is 0 Å². The minimum atomic E-state index is -3.85. The Morgan fingerprint density at radius 3 is 2.55 bits per heavy atom. The number of hydrogen-bond donors (Lipinski definition) is 0. The molecule has 0 saturated carbocycles. The predicted molar refractivity (Wildman–Crippen MR) is 92.2 cm³/mol. The Morgan fingerprint density at radius 2 is 1.91 bits per heavy atom. The molecule has 116 valence electrons. The normalized spacial score (nSPS) is 11.5. The van der Waals surface area contributed by atoms with Gasteiger partial charge in [-0.2, -0.15) is 8.42 Å². The van der Waals surface area contributed by atoms with Crippen LogP contribution in [0.15, 0.2) is 48.4 Å². The van der Waals surface area contributed by atoms with Crippen LogP contribution < -0.4 is 0 Å². The molecule has 2 aromatic carbocycles. The molecule has 2 rings (SSSR count). The Kier molecular flexibility index (Phi) is 5.16. The quantitative estimate of drug-likeness (QED) is 0.552. The molecule has 2 aromatic rings. The Morgan fingerprint density at radius 1 is 1.18 bits per heavy atom. The van der Waals surface area contributed by atoms with Crippen LogP contribution in [0.5, 0.6) is 0 Å². The van der Waals surface area contributed by atoms with Crippen molar-refractivity contribution in [2.24, 2.45) is 0 Å². The molecule has 0 atom stereocenters. The summed E-state index contributed by atoms with van der Waals surface area (Å²) in [7, 11) is -3.85. The summed E-state index contributed by atoms with van der Waals surface area (Å²) in [4.78, 5) is 0.173. The first-order valence-corrected chi connectivity index (χ1v) is 8.66. The van der Waals surface area contributed by atoms with E-state index in [1.165, 1.54) is 0 Å². The number of rotatable bonds is 7. The maximum absolute atomic E-state index is 12.7. The third-order valence-corrected chi connectivity index (χ3v) is 4.90. The summed E-state index contributed by atoms with van der Waals surface area (Å²) >= 11 is 0. The van der Waals surface area contributed by atoms with Gasteiger partial charge in [0.25, 0.3) is 10.1 Å². The zero-order valence-electron chi connectivity index (χ0n) is 12.7. The van der Waals surface area contributed by atoms with Gasteiger partial charge in [-0.1, -0.05) is 62.9 Å². The lowest BCUT2D eigenvalue weighted by atomic mass is 10.0. The summed E-state index contributed by atoms with van der Waals surface area (Å²) in [6.45, 7) is 9.68.